The lowest BCUT2D eigenvalue weighted by atomic mass is 9.91. The molecule has 2 rings (SSSR count). The number of aryl methyl sites for hydroxylation is 1. The Morgan fingerprint density at radius 1 is 1.20 bits per heavy atom. The molecule has 0 unspecified atom stereocenters. The molecule has 1 aromatic rings. The lowest BCUT2D eigenvalue weighted by molar-refractivity contribution is -0.232. The SMILES string of the molecule is Cc1cc(O)c([C@@H]2O[C@H](CO)[C@H](O)[C@H](O)[C@H]2O)c(=O)o1. The molecule has 1 aliphatic rings. The number of aromatic hydroxyl groups is 1. The minimum absolute atomic E-state index is 0.167. The molecule has 112 valence electrons. The molecule has 5 N–H and O–H groups in total. The number of aliphatic hydroxyl groups excluding tert-OH is 4. The normalized spacial score (nSPS) is 34.1. The fourth-order valence-corrected chi connectivity index (χ4v) is 2.21. The highest BCUT2D eigenvalue weighted by atomic mass is 16.5. The zero-order valence-electron chi connectivity index (χ0n) is 10.6. The molecule has 0 saturated carbocycles. The van der Waals surface area contributed by atoms with Gasteiger partial charge in [-0.25, -0.2) is 4.79 Å². The van der Waals surface area contributed by atoms with E-state index < -0.39 is 48.5 Å². The fourth-order valence-electron chi connectivity index (χ4n) is 2.21. The maximum absolute atomic E-state index is 11.8. The molecule has 0 radical (unpaired) electrons. The van der Waals surface area contributed by atoms with Crippen LogP contribution in [0.1, 0.15) is 17.4 Å². The van der Waals surface area contributed by atoms with Crippen LogP contribution in [0.15, 0.2) is 15.3 Å². The van der Waals surface area contributed by atoms with E-state index in [-0.39, 0.29) is 11.3 Å². The van der Waals surface area contributed by atoms with Crippen LogP contribution in [-0.2, 0) is 4.74 Å². The molecule has 8 heteroatoms. The molecule has 1 saturated heterocycles. The molecule has 0 aromatic carbocycles. The molecule has 1 fully saturated rings. The topological polar surface area (TPSA) is 141 Å². The summed E-state index contributed by atoms with van der Waals surface area (Å²) in [6, 6.07) is 1.16. The van der Waals surface area contributed by atoms with Crippen molar-refractivity contribution in [2.24, 2.45) is 0 Å². The lowest BCUT2D eigenvalue weighted by Gasteiger charge is -2.39. The van der Waals surface area contributed by atoms with Gasteiger partial charge in [-0.1, -0.05) is 0 Å². The van der Waals surface area contributed by atoms with Crippen LogP contribution in [0.2, 0.25) is 0 Å². The van der Waals surface area contributed by atoms with E-state index >= 15 is 0 Å². The highest BCUT2D eigenvalue weighted by Crippen LogP contribution is 2.34. The second-order valence-corrected chi connectivity index (χ2v) is 4.69. The first-order chi connectivity index (χ1) is 9.36. The van der Waals surface area contributed by atoms with E-state index in [0.717, 1.165) is 6.07 Å². The van der Waals surface area contributed by atoms with Crippen molar-refractivity contribution >= 4 is 0 Å². The van der Waals surface area contributed by atoms with Crippen molar-refractivity contribution in [1.82, 2.24) is 0 Å². The van der Waals surface area contributed by atoms with Crippen LogP contribution in [0, 0.1) is 6.92 Å². The van der Waals surface area contributed by atoms with Crippen molar-refractivity contribution in [3.05, 3.63) is 27.8 Å². The molecule has 0 spiro atoms. The lowest BCUT2D eigenvalue weighted by Crippen LogP contribution is -2.55. The second-order valence-electron chi connectivity index (χ2n) is 4.69. The minimum Gasteiger partial charge on any atom is -0.507 e. The van der Waals surface area contributed by atoms with Crippen molar-refractivity contribution in [1.29, 1.82) is 0 Å². The van der Waals surface area contributed by atoms with Gasteiger partial charge in [-0.05, 0) is 6.92 Å². The van der Waals surface area contributed by atoms with Gasteiger partial charge in [0.2, 0.25) is 0 Å². The van der Waals surface area contributed by atoms with E-state index in [1.54, 1.807) is 0 Å². The Morgan fingerprint density at radius 3 is 2.40 bits per heavy atom. The van der Waals surface area contributed by atoms with Crippen molar-refractivity contribution in [3.63, 3.8) is 0 Å². The number of rotatable bonds is 2. The van der Waals surface area contributed by atoms with Crippen molar-refractivity contribution in [3.8, 4) is 5.75 Å². The van der Waals surface area contributed by atoms with E-state index in [1.807, 2.05) is 0 Å². The summed E-state index contributed by atoms with van der Waals surface area (Å²) in [6.45, 7) is 0.831. The molecule has 0 amide bonds. The first-order valence-electron chi connectivity index (χ1n) is 6.01. The molecular weight excluding hydrogens is 272 g/mol. The third kappa shape index (κ3) is 2.43. The maximum atomic E-state index is 11.8. The molecule has 8 nitrogen and oxygen atoms in total. The Bertz CT molecular complexity index is 537. The van der Waals surface area contributed by atoms with Crippen molar-refractivity contribution in [2.75, 3.05) is 6.61 Å². The minimum atomic E-state index is -1.65. The maximum Gasteiger partial charge on any atom is 0.345 e. The quantitative estimate of drug-likeness (QED) is 0.428. The van der Waals surface area contributed by atoms with Crippen LogP contribution < -0.4 is 5.63 Å². The zero-order chi connectivity index (χ0) is 15.0. The van der Waals surface area contributed by atoms with Gasteiger partial charge in [-0.3, -0.25) is 0 Å². The summed E-state index contributed by atoms with van der Waals surface area (Å²) < 4.78 is 10.00. The number of aliphatic hydroxyl groups is 4. The van der Waals surface area contributed by atoms with Gasteiger partial charge in [-0.15, -0.1) is 0 Å². The molecule has 2 heterocycles. The van der Waals surface area contributed by atoms with Gasteiger partial charge < -0.3 is 34.7 Å². The molecule has 1 aliphatic heterocycles. The van der Waals surface area contributed by atoms with E-state index in [2.05, 4.69) is 0 Å². The van der Waals surface area contributed by atoms with Crippen LogP contribution in [0.25, 0.3) is 0 Å². The summed E-state index contributed by atoms with van der Waals surface area (Å²) in [5, 5.41) is 48.1. The molecule has 0 aliphatic carbocycles. The Labute approximate surface area is 113 Å². The molecular formula is C12H16O8. The summed E-state index contributed by atoms with van der Waals surface area (Å²) in [7, 11) is 0. The average Bonchev–Trinajstić information content (AvgIpc) is 2.37. The van der Waals surface area contributed by atoms with Gasteiger partial charge in [-0.2, -0.15) is 0 Å². The van der Waals surface area contributed by atoms with Gasteiger partial charge in [0.15, 0.2) is 0 Å². The highest BCUT2D eigenvalue weighted by molar-refractivity contribution is 5.33. The summed E-state index contributed by atoms with van der Waals surface area (Å²) in [5.41, 5.74) is -1.29. The van der Waals surface area contributed by atoms with E-state index in [0.29, 0.717) is 0 Å². The Balaban J connectivity index is 2.44. The zero-order valence-corrected chi connectivity index (χ0v) is 10.6. The predicted octanol–water partition coefficient (Wildman–Crippen LogP) is -1.83. The van der Waals surface area contributed by atoms with E-state index in [9.17, 15) is 25.2 Å². The second kappa shape index (κ2) is 5.51. The van der Waals surface area contributed by atoms with E-state index in [1.165, 1.54) is 6.92 Å². The van der Waals surface area contributed by atoms with Gasteiger partial charge in [0.25, 0.3) is 0 Å². The average molecular weight is 288 g/mol. The molecule has 20 heavy (non-hydrogen) atoms. The number of hydrogen-bond acceptors (Lipinski definition) is 8. The van der Waals surface area contributed by atoms with Gasteiger partial charge in [0.05, 0.1) is 6.61 Å². The summed E-state index contributed by atoms with van der Waals surface area (Å²) in [4.78, 5) is 11.8. The third-order valence-corrected chi connectivity index (χ3v) is 3.27. The summed E-state index contributed by atoms with van der Waals surface area (Å²) in [6.07, 6.45) is -7.40. The predicted molar refractivity (Wildman–Crippen MR) is 64.1 cm³/mol. The van der Waals surface area contributed by atoms with Crippen molar-refractivity contribution in [2.45, 2.75) is 37.4 Å². The third-order valence-electron chi connectivity index (χ3n) is 3.27. The summed E-state index contributed by atoms with van der Waals surface area (Å²) >= 11 is 0. The number of hydrogen-bond donors (Lipinski definition) is 5. The monoisotopic (exact) mass is 288 g/mol. The molecule has 0 bridgehead atoms. The van der Waals surface area contributed by atoms with Gasteiger partial charge in [0, 0.05) is 6.07 Å². The van der Waals surface area contributed by atoms with Crippen LogP contribution in [0.5, 0.6) is 5.75 Å². The molecule has 1 aromatic heterocycles. The van der Waals surface area contributed by atoms with E-state index in [4.69, 9.17) is 14.3 Å². The van der Waals surface area contributed by atoms with Crippen LogP contribution >= 0.6 is 0 Å². The largest absolute Gasteiger partial charge is 0.507 e. The highest BCUT2D eigenvalue weighted by Gasteiger charge is 2.46. The first-order valence-corrected chi connectivity index (χ1v) is 6.01. The van der Waals surface area contributed by atoms with Gasteiger partial charge in [0.1, 0.15) is 47.6 Å². The van der Waals surface area contributed by atoms with Gasteiger partial charge >= 0.3 is 5.63 Å². The van der Waals surface area contributed by atoms with Crippen LogP contribution in [0.3, 0.4) is 0 Å². The first kappa shape index (κ1) is 14.9. The van der Waals surface area contributed by atoms with Crippen molar-refractivity contribution < 1.29 is 34.7 Å². The fraction of sp³-hybridized carbons (Fsp3) is 0.583. The Hall–Kier alpha value is -1.45. The standard InChI is InChI=1S/C12H16O8/c1-4-2-5(14)7(12(18)19-4)11-10(17)9(16)8(15)6(3-13)20-11/h2,6,8-11,13-17H,3H2,1H3/t6-,8+,9+,10-,11+/m1/s1. The Kier molecular flexibility index (Phi) is 4.11. The molecule has 5 atom stereocenters. The van der Waals surface area contributed by atoms with Crippen LogP contribution in [0.4, 0.5) is 0 Å². The Morgan fingerprint density at radius 2 is 1.85 bits per heavy atom. The van der Waals surface area contributed by atoms with Crippen LogP contribution in [-0.4, -0.2) is 56.6 Å². The smallest absolute Gasteiger partial charge is 0.345 e. The summed E-state index contributed by atoms with van der Waals surface area (Å²) in [5.74, 6) is -0.288. The number of ether oxygens (including phenoxy) is 1.